The summed E-state index contributed by atoms with van der Waals surface area (Å²) in [6.07, 6.45) is 0. The molecule has 16 heavy (non-hydrogen) atoms. The van der Waals surface area contributed by atoms with Gasteiger partial charge in [0.2, 0.25) is 0 Å². The lowest BCUT2D eigenvalue weighted by Crippen LogP contribution is -2.23. The number of thioether (sulfide) groups is 2. The summed E-state index contributed by atoms with van der Waals surface area (Å²) in [6, 6.07) is 1.57. The van der Waals surface area contributed by atoms with Crippen LogP contribution < -0.4 is 0 Å². The van der Waals surface area contributed by atoms with Crippen molar-refractivity contribution < 1.29 is 0 Å². The Bertz CT molecular complexity index is 369. The van der Waals surface area contributed by atoms with Crippen molar-refractivity contribution in [2.45, 2.75) is 29.6 Å². The van der Waals surface area contributed by atoms with Gasteiger partial charge < -0.3 is 0 Å². The summed E-state index contributed by atoms with van der Waals surface area (Å²) in [6.45, 7) is 4.49. The van der Waals surface area contributed by atoms with E-state index in [1.54, 1.807) is 6.07 Å². The summed E-state index contributed by atoms with van der Waals surface area (Å²) in [5.41, 5.74) is 0. The van der Waals surface area contributed by atoms with Gasteiger partial charge in [-0.05, 0) is 0 Å². The Morgan fingerprint density at radius 3 is 2.38 bits per heavy atom. The number of halogens is 2. The van der Waals surface area contributed by atoms with Crippen LogP contribution in [-0.2, 0) is 0 Å². The second-order valence-corrected chi connectivity index (χ2v) is 7.51. The Morgan fingerprint density at radius 1 is 1.19 bits per heavy atom. The third-order valence-corrected chi connectivity index (χ3v) is 6.29. The quantitative estimate of drug-likeness (QED) is 0.729. The number of nitrogens with zero attached hydrogens (tertiary/aromatic N) is 2. The van der Waals surface area contributed by atoms with E-state index in [-0.39, 0.29) is 0 Å². The summed E-state index contributed by atoms with van der Waals surface area (Å²) >= 11 is 15.6. The molecule has 0 aliphatic carbocycles. The Morgan fingerprint density at radius 2 is 1.81 bits per heavy atom. The van der Waals surface area contributed by atoms with Crippen molar-refractivity contribution in [2.75, 3.05) is 5.75 Å². The van der Waals surface area contributed by atoms with E-state index < -0.39 is 0 Å². The van der Waals surface area contributed by atoms with Crippen LogP contribution >= 0.6 is 46.7 Å². The summed E-state index contributed by atoms with van der Waals surface area (Å²) in [4.78, 5) is 8.51. The predicted molar refractivity (Wildman–Crippen MR) is 73.8 cm³/mol. The van der Waals surface area contributed by atoms with Gasteiger partial charge in [-0.3, -0.25) is 0 Å². The lowest BCUT2D eigenvalue weighted by Gasteiger charge is -2.30. The van der Waals surface area contributed by atoms with E-state index in [0.717, 1.165) is 11.6 Å². The van der Waals surface area contributed by atoms with E-state index in [0.29, 0.717) is 26.1 Å². The molecule has 0 spiro atoms. The van der Waals surface area contributed by atoms with Gasteiger partial charge in [-0.1, -0.05) is 37.0 Å². The van der Waals surface area contributed by atoms with E-state index in [2.05, 4.69) is 23.8 Å². The first kappa shape index (κ1) is 12.8. The van der Waals surface area contributed by atoms with E-state index in [1.165, 1.54) is 0 Å². The van der Waals surface area contributed by atoms with Crippen LogP contribution in [0.15, 0.2) is 6.07 Å². The van der Waals surface area contributed by atoms with Crippen LogP contribution in [0.2, 0.25) is 10.3 Å². The molecule has 88 valence electrons. The van der Waals surface area contributed by atoms with E-state index >= 15 is 0 Å². The van der Waals surface area contributed by atoms with Gasteiger partial charge in [0.25, 0.3) is 0 Å². The molecule has 3 atom stereocenters. The normalized spacial score (nSPS) is 30.4. The zero-order valence-electron chi connectivity index (χ0n) is 8.98. The van der Waals surface area contributed by atoms with Crippen LogP contribution in [0.4, 0.5) is 0 Å². The smallest absolute Gasteiger partial charge is 0.145 e. The molecule has 0 bridgehead atoms. The van der Waals surface area contributed by atoms with Crippen molar-refractivity contribution in [3.05, 3.63) is 22.2 Å². The number of hydrogen-bond donors (Lipinski definition) is 0. The molecule has 2 nitrogen and oxygen atoms in total. The lowest BCUT2D eigenvalue weighted by atomic mass is 10.3. The van der Waals surface area contributed by atoms with Crippen molar-refractivity contribution in [1.29, 1.82) is 0 Å². The van der Waals surface area contributed by atoms with Gasteiger partial charge in [0.15, 0.2) is 0 Å². The second kappa shape index (κ2) is 5.34. The van der Waals surface area contributed by atoms with Crippen molar-refractivity contribution in [3.63, 3.8) is 0 Å². The minimum atomic E-state index is 0.299. The molecule has 0 aromatic carbocycles. The van der Waals surface area contributed by atoms with Gasteiger partial charge in [-0.25, -0.2) is 9.97 Å². The highest BCUT2D eigenvalue weighted by Gasteiger charge is 2.28. The van der Waals surface area contributed by atoms with Crippen LogP contribution in [0.5, 0.6) is 0 Å². The highest BCUT2D eigenvalue weighted by molar-refractivity contribution is 8.07. The van der Waals surface area contributed by atoms with Gasteiger partial charge in [0.05, 0.1) is 5.25 Å². The number of aromatic nitrogens is 2. The first-order valence-corrected chi connectivity index (χ1v) is 7.78. The third kappa shape index (κ3) is 2.97. The molecule has 0 radical (unpaired) electrons. The van der Waals surface area contributed by atoms with Crippen molar-refractivity contribution in [1.82, 2.24) is 9.97 Å². The van der Waals surface area contributed by atoms with E-state index in [1.807, 2.05) is 23.5 Å². The summed E-state index contributed by atoms with van der Waals surface area (Å²) < 4.78 is 0. The Balaban J connectivity index is 2.18. The largest absolute Gasteiger partial charge is 0.220 e. The topological polar surface area (TPSA) is 25.8 Å². The second-order valence-electron chi connectivity index (χ2n) is 3.74. The molecule has 1 aliphatic rings. The molecule has 1 saturated heterocycles. The Kier molecular flexibility index (Phi) is 4.27. The van der Waals surface area contributed by atoms with Crippen LogP contribution in [-0.4, -0.2) is 26.2 Å². The fourth-order valence-electron chi connectivity index (χ4n) is 1.47. The van der Waals surface area contributed by atoms with Crippen molar-refractivity contribution in [2.24, 2.45) is 0 Å². The molecule has 1 aliphatic heterocycles. The Hall–Kier alpha value is 0.360. The molecule has 0 amide bonds. The average Bonchev–Trinajstić information content (AvgIpc) is 2.20. The van der Waals surface area contributed by atoms with E-state index in [4.69, 9.17) is 23.2 Å². The van der Waals surface area contributed by atoms with Crippen LogP contribution in [0.1, 0.15) is 24.9 Å². The maximum absolute atomic E-state index is 5.88. The maximum atomic E-state index is 5.88. The average molecular weight is 295 g/mol. The molecule has 2 heterocycles. The van der Waals surface area contributed by atoms with Crippen LogP contribution in [0, 0.1) is 0 Å². The summed E-state index contributed by atoms with van der Waals surface area (Å²) in [5.74, 6) is 1.78. The van der Waals surface area contributed by atoms with Gasteiger partial charge in [-0.15, -0.1) is 11.8 Å². The number of hydrogen-bond acceptors (Lipinski definition) is 4. The van der Waals surface area contributed by atoms with Gasteiger partial charge in [-0.2, -0.15) is 11.8 Å². The molecular formula is C10H12Cl2N2S2. The highest BCUT2D eigenvalue weighted by atomic mass is 35.5. The SMILES string of the molecule is CC1SCC(c2nc(Cl)cc(Cl)n2)SC1C. The first-order valence-electron chi connectivity index (χ1n) is 5.03. The van der Waals surface area contributed by atoms with Crippen LogP contribution in [0.25, 0.3) is 0 Å². The fourth-order valence-corrected chi connectivity index (χ4v) is 4.75. The maximum Gasteiger partial charge on any atom is 0.145 e. The molecule has 3 unspecified atom stereocenters. The molecule has 6 heteroatoms. The standard InChI is InChI=1S/C10H12Cl2N2S2/c1-5-6(2)16-7(4-15-5)10-13-8(11)3-9(12)14-10/h3,5-7H,4H2,1-2H3. The monoisotopic (exact) mass is 294 g/mol. The Labute approximate surface area is 114 Å². The minimum absolute atomic E-state index is 0.299. The van der Waals surface area contributed by atoms with Crippen LogP contribution in [0.3, 0.4) is 0 Å². The zero-order chi connectivity index (χ0) is 11.7. The van der Waals surface area contributed by atoms with E-state index in [9.17, 15) is 0 Å². The molecule has 1 fully saturated rings. The summed E-state index contributed by atoms with van der Waals surface area (Å²) in [7, 11) is 0. The lowest BCUT2D eigenvalue weighted by molar-refractivity contribution is 0.859. The molecule has 2 rings (SSSR count). The molecule has 0 saturated carbocycles. The highest BCUT2D eigenvalue weighted by Crippen LogP contribution is 2.43. The molecule has 0 N–H and O–H groups in total. The predicted octanol–water partition coefficient (Wildman–Crippen LogP) is 4.08. The van der Waals surface area contributed by atoms with Gasteiger partial charge in [0.1, 0.15) is 16.1 Å². The molecule has 1 aromatic heterocycles. The molecular weight excluding hydrogens is 283 g/mol. The van der Waals surface area contributed by atoms with Gasteiger partial charge >= 0.3 is 0 Å². The van der Waals surface area contributed by atoms with Crippen molar-refractivity contribution >= 4 is 46.7 Å². The fraction of sp³-hybridized carbons (Fsp3) is 0.600. The van der Waals surface area contributed by atoms with Gasteiger partial charge in [0, 0.05) is 22.3 Å². The first-order chi connectivity index (χ1) is 7.56. The summed E-state index contributed by atoms with van der Waals surface area (Å²) in [5, 5.41) is 2.42. The van der Waals surface area contributed by atoms with Crippen molar-refractivity contribution in [3.8, 4) is 0 Å². The number of rotatable bonds is 1. The minimum Gasteiger partial charge on any atom is -0.220 e. The third-order valence-electron chi connectivity index (χ3n) is 2.52. The zero-order valence-corrected chi connectivity index (χ0v) is 12.1. The molecule has 1 aromatic rings.